The van der Waals surface area contributed by atoms with Gasteiger partial charge in [-0.25, -0.2) is 4.79 Å². The van der Waals surface area contributed by atoms with E-state index in [-0.39, 0.29) is 44.3 Å². The van der Waals surface area contributed by atoms with Crippen molar-refractivity contribution >= 4 is 17.9 Å². The lowest BCUT2D eigenvalue weighted by molar-refractivity contribution is -0.252. The molecule has 4 aromatic rings. The molecule has 3 heterocycles. The highest BCUT2D eigenvalue weighted by molar-refractivity contribution is 6.06. The first-order valence-electron chi connectivity index (χ1n) is 16.8. The summed E-state index contributed by atoms with van der Waals surface area (Å²) >= 11 is 0. The number of aromatic nitrogens is 1. The number of aliphatic hydroxyl groups is 1. The van der Waals surface area contributed by atoms with E-state index in [1.807, 2.05) is 97.1 Å². The summed E-state index contributed by atoms with van der Waals surface area (Å²) in [6.45, 7) is 1.63. The predicted molar refractivity (Wildman–Crippen MR) is 184 cm³/mol. The Balaban J connectivity index is 1.07. The molecule has 1 aromatic heterocycles. The fourth-order valence-corrected chi connectivity index (χ4v) is 6.16. The van der Waals surface area contributed by atoms with Crippen LogP contribution < -0.4 is 5.32 Å². The van der Waals surface area contributed by atoms with Gasteiger partial charge in [-0.05, 0) is 41.4 Å². The third-order valence-electron chi connectivity index (χ3n) is 8.95. The molecule has 260 valence electrons. The van der Waals surface area contributed by atoms with Crippen LogP contribution in [0.4, 0.5) is 4.79 Å². The van der Waals surface area contributed by atoms with Crippen LogP contribution in [-0.4, -0.2) is 70.1 Å². The Morgan fingerprint density at radius 2 is 1.64 bits per heavy atom. The van der Waals surface area contributed by atoms with Gasteiger partial charge < -0.3 is 29.5 Å². The van der Waals surface area contributed by atoms with Gasteiger partial charge in [-0.1, -0.05) is 84.9 Å². The fourth-order valence-electron chi connectivity index (χ4n) is 6.16. The smallest absolute Gasteiger partial charge is 0.408 e. The molecule has 6 rings (SSSR count). The normalized spacial score (nSPS) is 20.7. The van der Waals surface area contributed by atoms with Crippen LogP contribution in [0.25, 0.3) is 0 Å². The molecular weight excluding hydrogens is 636 g/mol. The summed E-state index contributed by atoms with van der Waals surface area (Å²) in [6.07, 6.45) is 1.44. The average Bonchev–Trinajstić information content (AvgIpc) is 3.41. The average molecular weight is 679 g/mol. The van der Waals surface area contributed by atoms with Crippen LogP contribution in [-0.2, 0) is 50.0 Å². The number of benzene rings is 3. The Hall–Kier alpha value is -4.94. The van der Waals surface area contributed by atoms with Crippen molar-refractivity contribution in [2.24, 2.45) is 0 Å². The maximum atomic E-state index is 13.1. The van der Waals surface area contributed by atoms with E-state index >= 15 is 0 Å². The summed E-state index contributed by atoms with van der Waals surface area (Å²) < 4.78 is 18.2. The first kappa shape index (κ1) is 34.9. The quantitative estimate of drug-likeness (QED) is 0.191. The number of alkyl carbamates (subject to hydrolysis) is 1. The van der Waals surface area contributed by atoms with Crippen LogP contribution in [0.2, 0.25) is 0 Å². The molecule has 2 aliphatic heterocycles. The van der Waals surface area contributed by atoms with Crippen molar-refractivity contribution in [3.63, 3.8) is 0 Å². The number of rotatable bonds is 13. The molecule has 0 radical (unpaired) electrons. The van der Waals surface area contributed by atoms with Crippen LogP contribution in [0.3, 0.4) is 0 Å². The van der Waals surface area contributed by atoms with Crippen molar-refractivity contribution in [3.8, 4) is 0 Å². The molecule has 2 N–H and O–H groups in total. The summed E-state index contributed by atoms with van der Waals surface area (Å²) in [5.74, 6) is -0.837. The molecule has 2 aliphatic rings. The Labute approximate surface area is 291 Å². The highest BCUT2D eigenvalue weighted by Gasteiger charge is 2.40. The van der Waals surface area contributed by atoms with Crippen molar-refractivity contribution in [2.75, 3.05) is 20.1 Å². The lowest BCUT2D eigenvalue weighted by Crippen LogP contribution is -2.41. The maximum Gasteiger partial charge on any atom is 0.408 e. The largest absolute Gasteiger partial charge is 0.445 e. The first-order valence-corrected chi connectivity index (χ1v) is 16.8. The molecule has 0 bridgehead atoms. The summed E-state index contributed by atoms with van der Waals surface area (Å²) in [5, 5.41) is 12.1. The van der Waals surface area contributed by atoms with Gasteiger partial charge in [-0.15, -0.1) is 0 Å². The van der Waals surface area contributed by atoms with Crippen molar-refractivity contribution in [2.45, 2.75) is 63.6 Å². The Kier molecular flexibility index (Phi) is 11.6. The third kappa shape index (κ3) is 9.19. The highest BCUT2D eigenvalue weighted by Crippen LogP contribution is 2.38. The maximum absolute atomic E-state index is 13.1. The van der Waals surface area contributed by atoms with Gasteiger partial charge in [0, 0.05) is 43.4 Å². The number of hydrogen-bond acceptors (Lipinski definition) is 9. The van der Waals surface area contributed by atoms with Gasteiger partial charge in [0.05, 0.1) is 31.8 Å². The van der Waals surface area contributed by atoms with Crippen LogP contribution >= 0.6 is 0 Å². The number of nitrogens with zero attached hydrogens (tertiary/aromatic N) is 3. The summed E-state index contributed by atoms with van der Waals surface area (Å²) in [4.78, 5) is 46.0. The topological polar surface area (TPSA) is 131 Å². The Bertz CT molecular complexity index is 1720. The van der Waals surface area contributed by atoms with Gasteiger partial charge >= 0.3 is 6.09 Å². The minimum absolute atomic E-state index is 0.0271. The van der Waals surface area contributed by atoms with Crippen molar-refractivity contribution in [3.05, 3.63) is 137 Å². The molecular formula is C39H42N4O7. The molecule has 2 saturated heterocycles. The molecule has 11 heteroatoms. The Morgan fingerprint density at radius 1 is 0.920 bits per heavy atom. The molecule has 0 saturated carbocycles. The van der Waals surface area contributed by atoms with Crippen LogP contribution in [0.15, 0.2) is 103 Å². The molecule has 50 heavy (non-hydrogen) atoms. The van der Waals surface area contributed by atoms with Gasteiger partial charge in [-0.3, -0.25) is 19.5 Å². The Morgan fingerprint density at radius 3 is 2.36 bits per heavy atom. The minimum Gasteiger partial charge on any atom is -0.445 e. The molecule has 0 spiro atoms. The number of nitrogens with one attached hydrogen (secondary N) is 1. The lowest BCUT2D eigenvalue weighted by atomic mass is 9.99. The molecule has 3 amide bonds. The van der Waals surface area contributed by atoms with Crippen LogP contribution in [0.1, 0.15) is 58.7 Å². The standard InChI is InChI=1S/C39H42N4O7/c1-42(20-18-32-9-5-6-19-40-32)24-33-21-35(30-14-12-28(25-44)13-15-30)50-38(49-33)31-16-10-27(11-17-31)23-43-36(45)22-34(37(43)46)41-39(47)48-26-29-7-3-2-4-8-29/h2-17,19,33-35,38,44H,18,20-26H2,1H3,(H,41,47). The van der Waals surface area contributed by atoms with E-state index in [1.54, 1.807) is 6.20 Å². The number of hydrogen-bond donors (Lipinski definition) is 2. The lowest BCUT2D eigenvalue weighted by Gasteiger charge is -2.38. The molecule has 4 atom stereocenters. The van der Waals surface area contributed by atoms with Crippen molar-refractivity contribution < 1.29 is 33.7 Å². The van der Waals surface area contributed by atoms with E-state index in [4.69, 9.17) is 14.2 Å². The summed E-state index contributed by atoms with van der Waals surface area (Å²) in [5.41, 5.74) is 5.26. The molecule has 11 nitrogen and oxygen atoms in total. The minimum atomic E-state index is -0.975. The zero-order valence-corrected chi connectivity index (χ0v) is 28.0. The zero-order valence-electron chi connectivity index (χ0n) is 28.0. The third-order valence-corrected chi connectivity index (χ3v) is 8.95. The number of pyridine rings is 1. The number of imide groups is 1. The number of aliphatic hydroxyl groups excluding tert-OH is 1. The van der Waals surface area contributed by atoms with Crippen LogP contribution in [0.5, 0.6) is 0 Å². The zero-order chi connectivity index (χ0) is 34.9. The number of ether oxygens (including phenoxy) is 3. The van der Waals surface area contributed by atoms with E-state index in [2.05, 4.69) is 22.2 Å². The SMILES string of the molecule is CN(CCc1ccccn1)CC1CC(c2ccc(CO)cc2)OC(c2ccc(CN3C(=O)CC(NC(=O)OCc4ccccc4)C3=O)cc2)O1. The molecule has 4 unspecified atom stereocenters. The van der Waals surface area contributed by atoms with E-state index in [1.165, 1.54) is 0 Å². The van der Waals surface area contributed by atoms with Gasteiger partial charge in [0.25, 0.3) is 5.91 Å². The number of amides is 3. The summed E-state index contributed by atoms with van der Waals surface area (Å²) in [6, 6.07) is 29.4. The van der Waals surface area contributed by atoms with E-state index in [0.717, 1.165) is 51.4 Å². The predicted octanol–water partition coefficient (Wildman–Crippen LogP) is 4.85. The molecule has 0 aliphatic carbocycles. The number of likely N-dealkylation sites (N-methyl/N-ethyl adjacent to an activating group) is 1. The van der Waals surface area contributed by atoms with Crippen molar-refractivity contribution in [1.82, 2.24) is 20.1 Å². The van der Waals surface area contributed by atoms with Crippen LogP contribution in [0, 0.1) is 0 Å². The second kappa shape index (κ2) is 16.6. The highest BCUT2D eigenvalue weighted by atomic mass is 16.7. The van der Waals surface area contributed by atoms with E-state index < -0.39 is 24.3 Å². The van der Waals surface area contributed by atoms with E-state index in [0.29, 0.717) is 13.0 Å². The summed E-state index contributed by atoms with van der Waals surface area (Å²) in [7, 11) is 2.07. The number of carbonyl (C=O) groups is 3. The monoisotopic (exact) mass is 678 g/mol. The van der Waals surface area contributed by atoms with Crippen molar-refractivity contribution in [1.29, 1.82) is 0 Å². The first-order chi connectivity index (χ1) is 24.3. The van der Waals surface area contributed by atoms with Gasteiger partial charge in [0.15, 0.2) is 6.29 Å². The van der Waals surface area contributed by atoms with Gasteiger partial charge in [0.2, 0.25) is 5.91 Å². The molecule has 3 aromatic carbocycles. The van der Waals surface area contributed by atoms with Gasteiger partial charge in [0.1, 0.15) is 12.6 Å². The second-order valence-electron chi connectivity index (χ2n) is 12.7. The van der Waals surface area contributed by atoms with E-state index in [9.17, 15) is 19.5 Å². The van der Waals surface area contributed by atoms with Gasteiger partial charge in [-0.2, -0.15) is 0 Å². The second-order valence-corrected chi connectivity index (χ2v) is 12.7. The number of carbonyl (C=O) groups excluding carboxylic acids is 3. The molecule has 2 fully saturated rings. The number of likely N-dealkylation sites (tertiary alicyclic amines) is 1. The fraction of sp³-hybridized carbons (Fsp3) is 0.333.